The van der Waals surface area contributed by atoms with Crippen molar-refractivity contribution in [3.8, 4) is 5.88 Å². The van der Waals surface area contributed by atoms with Crippen LogP contribution in [0.15, 0.2) is 12.4 Å². The van der Waals surface area contributed by atoms with Gasteiger partial charge in [-0.05, 0) is 12.8 Å². The monoisotopic (exact) mass is 223 g/mol. The van der Waals surface area contributed by atoms with Crippen LogP contribution < -0.4 is 10.1 Å². The average molecular weight is 223 g/mol. The largest absolute Gasteiger partial charge is 0.478 e. The minimum absolute atomic E-state index is 0.657. The molecule has 0 saturated heterocycles. The summed E-state index contributed by atoms with van der Waals surface area (Å²) < 4.78 is 5.54. The van der Waals surface area contributed by atoms with Gasteiger partial charge in [0.2, 0.25) is 5.88 Å². The van der Waals surface area contributed by atoms with Gasteiger partial charge in [-0.2, -0.15) is 0 Å². The first-order chi connectivity index (χ1) is 7.86. The number of anilines is 1. The average Bonchev–Trinajstić information content (AvgIpc) is 2.33. The predicted molar refractivity (Wildman–Crippen MR) is 65.8 cm³/mol. The maximum absolute atomic E-state index is 5.54. The zero-order valence-electron chi connectivity index (χ0n) is 10.2. The van der Waals surface area contributed by atoms with E-state index >= 15 is 0 Å². The molecule has 0 aliphatic rings. The van der Waals surface area contributed by atoms with Crippen LogP contribution in [0.3, 0.4) is 0 Å². The Morgan fingerprint density at radius 2 is 2.06 bits per heavy atom. The number of hydrogen-bond acceptors (Lipinski definition) is 4. The molecule has 0 radical (unpaired) electrons. The summed E-state index contributed by atoms with van der Waals surface area (Å²) >= 11 is 0. The Bertz CT molecular complexity index is 291. The van der Waals surface area contributed by atoms with Crippen LogP contribution >= 0.6 is 0 Å². The molecule has 4 nitrogen and oxygen atoms in total. The van der Waals surface area contributed by atoms with Crippen molar-refractivity contribution in [1.29, 1.82) is 0 Å². The molecular formula is C12H21N3O. The number of unbranched alkanes of at least 4 members (excludes halogenated alkanes) is 2. The molecule has 0 amide bonds. The van der Waals surface area contributed by atoms with Crippen molar-refractivity contribution in [2.24, 2.45) is 0 Å². The summed E-state index contributed by atoms with van der Waals surface area (Å²) in [6, 6.07) is 1.85. The first kappa shape index (κ1) is 12.7. The van der Waals surface area contributed by atoms with Crippen LogP contribution in [0.4, 0.5) is 5.82 Å². The topological polar surface area (TPSA) is 47.0 Å². The lowest BCUT2D eigenvalue weighted by Crippen LogP contribution is -2.04. The number of nitrogens with zero attached hydrogens (tertiary/aromatic N) is 2. The van der Waals surface area contributed by atoms with Crippen LogP contribution in [0, 0.1) is 0 Å². The van der Waals surface area contributed by atoms with Crippen molar-refractivity contribution >= 4 is 5.82 Å². The van der Waals surface area contributed by atoms with E-state index in [-0.39, 0.29) is 0 Å². The van der Waals surface area contributed by atoms with Crippen molar-refractivity contribution in [2.75, 3.05) is 18.5 Å². The SMILES string of the molecule is CCCCCOc1cc(NCCC)ncn1. The Kier molecular flexibility index (Phi) is 6.30. The number of nitrogens with one attached hydrogen (secondary N) is 1. The lowest BCUT2D eigenvalue weighted by Gasteiger charge is -2.07. The number of rotatable bonds is 8. The molecule has 0 bridgehead atoms. The minimum Gasteiger partial charge on any atom is -0.478 e. The van der Waals surface area contributed by atoms with Crippen LogP contribution in [0.25, 0.3) is 0 Å². The molecule has 1 aromatic heterocycles. The number of hydrogen-bond donors (Lipinski definition) is 1. The Morgan fingerprint density at radius 3 is 2.81 bits per heavy atom. The summed E-state index contributed by atoms with van der Waals surface area (Å²) in [6.07, 6.45) is 6.10. The predicted octanol–water partition coefficient (Wildman–Crippen LogP) is 2.87. The van der Waals surface area contributed by atoms with Gasteiger partial charge in [0.05, 0.1) is 6.61 Å². The lowest BCUT2D eigenvalue weighted by atomic mass is 10.3. The fourth-order valence-electron chi connectivity index (χ4n) is 1.30. The molecule has 1 aromatic rings. The van der Waals surface area contributed by atoms with E-state index < -0.39 is 0 Å². The Morgan fingerprint density at radius 1 is 1.19 bits per heavy atom. The van der Waals surface area contributed by atoms with Crippen LogP contribution in [0.2, 0.25) is 0 Å². The maximum atomic E-state index is 5.54. The standard InChI is InChI=1S/C12H21N3O/c1-3-5-6-8-16-12-9-11(13-7-4-2)14-10-15-12/h9-10H,3-8H2,1-2H3,(H,13,14,15). The molecule has 0 spiro atoms. The fraction of sp³-hybridized carbons (Fsp3) is 0.667. The summed E-state index contributed by atoms with van der Waals surface area (Å²) in [5, 5.41) is 3.21. The molecule has 0 aliphatic heterocycles. The Balaban J connectivity index is 2.35. The van der Waals surface area contributed by atoms with Gasteiger partial charge in [0.15, 0.2) is 0 Å². The number of aromatic nitrogens is 2. The van der Waals surface area contributed by atoms with Gasteiger partial charge in [-0.15, -0.1) is 0 Å². The molecule has 0 saturated carbocycles. The zero-order valence-corrected chi connectivity index (χ0v) is 10.2. The first-order valence-electron chi connectivity index (χ1n) is 6.05. The number of ether oxygens (including phenoxy) is 1. The van der Waals surface area contributed by atoms with Crippen LogP contribution in [-0.2, 0) is 0 Å². The summed E-state index contributed by atoms with van der Waals surface area (Å²) in [6.45, 7) is 5.96. The fourth-order valence-corrected chi connectivity index (χ4v) is 1.30. The summed E-state index contributed by atoms with van der Waals surface area (Å²) in [4.78, 5) is 8.19. The molecule has 90 valence electrons. The van der Waals surface area contributed by atoms with E-state index in [1.165, 1.54) is 19.2 Å². The van der Waals surface area contributed by atoms with Gasteiger partial charge < -0.3 is 10.1 Å². The van der Waals surface area contributed by atoms with Gasteiger partial charge in [0.25, 0.3) is 0 Å². The second kappa shape index (κ2) is 7.91. The highest BCUT2D eigenvalue weighted by molar-refractivity contribution is 5.36. The van der Waals surface area contributed by atoms with Gasteiger partial charge in [-0.25, -0.2) is 9.97 Å². The normalized spacial score (nSPS) is 10.1. The van der Waals surface area contributed by atoms with E-state index in [4.69, 9.17) is 4.74 Å². The third-order valence-corrected chi connectivity index (χ3v) is 2.20. The van der Waals surface area contributed by atoms with Crippen molar-refractivity contribution in [1.82, 2.24) is 9.97 Å². The second-order valence-corrected chi connectivity index (χ2v) is 3.72. The van der Waals surface area contributed by atoms with E-state index in [1.807, 2.05) is 6.07 Å². The molecule has 0 aromatic carbocycles. The van der Waals surface area contributed by atoms with E-state index in [2.05, 4.69) is 29.1 Å². The van der Waals surface area contributed by atoms with Gasteiger partial charge >= 0.3 is 0 Å². The van der Waals surface area contributed by atoms with Crippen molar-refractivity contribution in [3.05, 3.63) is 12.4 Å². The molecule has 0 fully saturated rings. The van der Waals surface area contributed by atoms with Gasteiger partial charge in [0.1, 0.15) is 12.1 Å². The van der Waals surface area contributed by atoms with Crippen molar-refractivity contribution < 1.29 is 4.74 Å². The van der Waals surface area contributed by atoms with E-state index in [0.717, 1.165) is 31.8 Å². The molecule has 0 atom stereocenters. The molecular weight excluding hydrogens is 202 g/mol. The van der Waals surface area contributed by atoms with Gasteiger partial charge in [0, 0.05) is 12.6 Å². The van der Waals surface area contributed by atoms with Crippen LogP contribution in [-0.4, -0.2) is 23.1 Å². The van der Waals surface area contributed by atoms with Crippen LogP contribution in [0.5, 0.6) is 5.88 Å². The summed E-state index contributed by atoms with van der Waals surface area (Å²) in [5.74, 6) is 1.49. The Hall–Kier alpha value is -1.32. The van der Waals surface area contributed by atoms with Crippen LogP contribution in [0.1, 0.15) is 39.5 Å². The third-order valence-electron chi connectivity index (χ3n) is 2.20. The van der Waals surface area contributed by atoms with E-state index in [9.17, 15) is 0 Å². The zero-order chi connectivity index (χ0) is 11.6. The molecule has 1 N–H and O–H groups in total. The minimum atomic E-state index is 0.657. The van der Waals surface area contributed by atoms with E-state index in [0.29, 0.717) is 5.88 Å². The molecule has 0 unspecified atom stereocenters. The highest BCUT2D eigenvalue weighted by atomic mass is 16.5. The molecule has 4 heteroatoms. The van der Waals surface area contributed by atoms with Gasteiger partial charge in [-0.3, -0.25) is 0 Å². The quantitative estimate of drug-likeness (QED) is 0.688. The van der Waals surface area contributed by atoms with Crippen molar-refractivity contribution in [3.63, 3.8) is 0 Å². The van der Waals surface area contributed by atoms with Gasteiger partial charge in [-0.1, -0.05) is 26.7 Å². The summed E-state index contributed by atoms with van der Waals surface area (Å²) in [7, 11) is 0. The second-order valence-electron chi connectivity index (χ2n) is 3.72. The lowest BCUT2D eigenvalue weighted by molar-refractivity contribution is 0.294. The molecule has 1 rings (SSSR count). The highest BCUT2D eigenvalue weighted by Gasteiger charge is 1.98. The smallest absolute Gasteiger partial charge is 0.218 e. The van der Waals surface area contributed by atoms with E-state index in [1.54, 1.807) is 0 Å². The summed E-state index contributed by atoms with van der Waals surface area (Å²) in [5.41, 5.74) is 0. The molecule has 0 aliphatic carbocycles. The highest BCUT2D eigenvalue weighted by Crippen LogP contribution is 2.11. The molecule has 16 heavy (non-hydrogen) atoms. The van der Waals surface area contributed by atoms with Crippen molar-refractivity contribution in [2.45, 2.75) is 39.5 Å². The third kappa shape index (κ3) is 4.96. The maximum Gasteiger partial charge on any atom is 0.218 e. The first-order valence-corrected chi connectivity index (χ1v) is 6.05. The Labute approximate surface area is 97.5 Å². The molecule has 1 heterocycles.